The molecule has 0 spiro atoms. The van der Waals surface area contributed by atoms with E-state index >= 15 is 0 Å². The molecule has 2 aliphatic rings. The lowest BCUT2D eigenvalue weighted by Crippen LogP contribution is -2.43. The summed E-state index contributed by atoms with van der Waals surface area (Å²) in [5.74, 6) is -0.783. The summed E-state index contributed by atoms with van der Waals surface area (Å²) in [6.07, 6.45) is 3.76. The minimum atomic E-state index is -1.45. The second-order valence-electron chi connectivity index (χ2n) is 7.07. The third-order valence-corrected chi connectivity index (χ3v) is 6.37. The Balaban J connectivity index is 2.00. The van der Waals surface area contributed by atoms with Gasteiger partial charge in [0, 0.05) is 11.6 Å². The van der Waals surface area contributed by atoms with Crippen LogP contribution in [0.2, 0.25) is 10.0 Å². The number of Topliss-reactive ketones (excluding diaryl/α,β-unsaturated/α-hetero) is 1. The first-order valence-corrected chi connectivity index (χ1v) is 9.53. The summed E-state index contributed by atoms with van der Waals surface area (Å²) in [5.41, 5.74) is 0.993. The molecule has 2 aromatic rings. The van der Waals surface area contributed by atoms with E-state index in [1.165, 1.54) is 6.92 Å². The van der Waals surface area contributed by atoms with E-state index in [-0.39, 0.29) is 5.78 Å². The monoisotopic (exact) mass is 407 g/mol. The lowest BCUT2D eigenvalue weighted by molar-refractivity contribution is -0.118. The Kier molecular flexibility index (Phi) is 4.42. The molecule has 1 fully saturated rings. The summed E-state index contributed by atoms with van der Waals surface area (Å²) in [5, 5.41) is 21.0. The summed E-state index contributed by atoms with van der Waals surface area (Å²) >= 11 is 12.3. The fourth-order valence-corrected chi connectivity index (χ4v) is 4.77. The van der Waals surface area contributed by atoms with Gasteiger partial charge in [-0.3, -0.25) is 4.79 Å². The van der Waals surface area contributed by atoms with Crippen molar-refractivity contribution < 1.29 is 4.79 Å². The number of anilines is 1. The number of rotatable bonds is 2. The highest BCUT2D eigenvalue weighted by Crippen LogP contribution is 2.55. The van der Waals surface area contributed by atoms with Crippen LogP contribution in [0.15, 0.2) is 48.5 Å². The first-order valence-electron chi connectivity index (χ1n) is 8.78. The maximum absolute atomic E-state index is 12.8. The second-order valence-corrected chi connectivity index (χ2v) is 7.88. The Labute approximate surface area is 173 Å². The molecular weight excluding hydrogens is 393 g/mol. The zero-order chi connectivity index (χ0) is 20.1. The van der Waals surface area contributed by atoms with Gasteiger partial charge >= 0.3 is 0 Å². The van der Waals surface area contributed by atoms with E-state index < -0.39 is 23.4 Å². The van der Waals surface area contributed by atoms with Crippen molar-refractivity contribution in [2.45, 2.75) is 24.9 Å². The van der Waals surface area contributed by atoms with E-state index in [0.29, 0.717) is 15.6 Å². The van der Waals surface area contributed by atoms with E-state index in [1.54, 1.807) is 18.2 Å². The van der Waals surface area contributed by atoms with E-state index in [4.69, 9.17) is 23.2 Å². The van der Waals surface area contributed by atoms with Crippen molar-refractivity contribution in [3.05, 3.63) is 69.7 Å². The van der Waals surface area contributed by atoms with Gasteiger partial charge in [0.25, 0.3) is 0 Å². The molecule has 6 heteroatoms. The molecule has 0 saturated carbocycles. The molecule has 2 aromatic carbocycles. The normalized spacial score (nSPS) is 24.0. The van der Waals surface area contributed by atoms with Crippen LogP contribution in [0.5, 0.6) is 0 Å². The van der Waals surface area contributed by atoms with Crippen LogP contribution >= 0.6 is 23.2 Å². The SMILES string of the molecule is CC(=O)[C@H]1[C@H](c2ccc(Cl)c(Cl)c2)C(C#N)(C#N)[C@H]2C=Cc3ccccc3N12. The molecule has 28 heavy (non-hydrogen) atoms. The van der Waals surface area contributed by atoms with Gasteiger partial charge < -0.3 is 4.90 Å². The molecule has 0 aliphatic carbocycles. The molecular formula is C22H15Cl2N3O. The van der Waals surface area contributed by atoms with Crippen LogP contribution < -0.4 is 4.90 Å². The number of hydrogen-bond acceptors (Lipinski definition) is 4. The van der Waals surface area contributed by atoms with Gasteiger partial charge in [0.05, 0.1) is 34.3 Å². The summed E-state index contributed by atoms with van der Waals surface area (Å²) < 4.78 is 0. The number of carbonyl (C=O) groups is 1. The smallest absolute Gasteiger partial charge is 0.176 e. The average molecular weight is 408 g/mol. The van der Waals surface area contributed by atoms with Gasteiger partial charge in [0.2, 0.25) is 0 Å². The maximum Gasteiger partial charge on any atom is 0.176 e. The molecule has 0 amide bonds. The molecule has 0 radical (unpaired) electrons. The third kappa shape index (κ3) is 2.46. The van der Waals surface area contributed by atoms with Gasteiger partial charge in [-0.05, 0) is 36.2 Å². The summed E-state index contributed by atoms with van der Waals surface area (Å²) in [4.78, 5) is 14.7. The Hall–Kier alpha value is -2.79. The van der Waals surface area contributed by atoms with Crippen molar-refractivity contribution in [2.75, 3.05) is 4.90 Å². The first-order chi connectivity index (χ1) is 13.4. The van der Waals surface area contributed by atoms with E-state index in [9.17, 15) is 15.3 Å². The van der Waals surface area contributed by atoms with Crippen LogP contribution in [0.4, 0.5) is 5.69 Å². The summed E-state index contributed by atoms with van der Waals surface area (Å²) in [6, 6.07) is 16.0. The minimum absolute atomic E-state index is 0.112. The van der Waals surface area contributed by atoms with Crippen molar-refractivity contribution in [3.63, 3.8) is 0 Å². The van der Waals surface area contributed by atoms with Gasteiger partial charge in [-0.15, -0.1) is 0 Å². The van der Waals surface area contributed by atoms with Crippen LogP contribution in [0.1, 0.15) is 24.0 Å². The number of carbonyl (C=O) groups excluding carboxylic acids is 1. The van der Waals surface area contributed by atoms with Gasteiger partial charge in [0.15, 0.2) is 11.2 Å². The topological polar surface area (TPSA) is 67.9 Å². The molecule has 3 atom stereocenters. The van der Waals surface area contributed by atoms with Gasteiger partial charge in [-0.25, -0.2) is 0 Å². The molecule has 1 saturated heterocycles. The number of benzene rings is 2. The lowest BCUT2D eigenvalue weighted by Gasteiger charge is -2.35. The van der Waals surface area contributed by atoms with Gasteiger partial charge in [-0.2, -0.15) is 10.5 Å². The largest absolute Gasteiger partial charge is 0.351 e. The number of halogens is 2. The van der Waals surface area contributed by atoms with Crippen molar-refractivity contribution in [1.82, 2.24) is 0 Å². The predicted molar refractivity (Wildman–Crippen MR) is 109 cm³/mol. The molecule has 2 heterocycles. The van der Waals surface area contributed by atoms with Crippen molar-refractivity contribution >= 4 is 40.7 Å². The number of hydrogen-bond donors (Lipinski definition) is 0. The van der Waals surface area contributed by atoms with Crippen molar-refractivity contribution in [3.8, 4) is 12.1 Å². The Morgan fingerprint density at radius 2 is 1.82 bits per heavy atom. The molecule has 2 aliphatic heterocycles. The van der Waals surface area contributed by atoms with Gasteiger partial charge in [-0.1, -0.05) is 59.6 Å². The molecule has 4 nitrogen and oxygen atoms in total. The summed E-state index contributed by atoms with van der Waals surface area (Å²) in [7, 11) is 0. The molecule has 4 rings (SSSR count). The molecule has 0 bridgehead atoms. The standard InChI is InChI=1S/C22H15Cl2N3O/c1-13(28)21-20(15-6-8-16(23)17(24)10-15)22(11-25,12-26)19-9-7-14-4-2-3-5-18(14)27(19)21/h2-10,19-21H,1H3/t19-,20+,21+/m1/s1. The highest BCUT2D eigenvalue weighted by Gasteiger charge is 2.62. The van der Waals surface area contributed by atoms with Crippen LogP contribution in [0.3, 0.4) is 0 Å². The molecule has 0 aromatic heterocycles. The van der Waals surface area contributed by atoms with Gasteiger partial charge in [0.1, 0.15) is 0 Å². The van der Waals surface area contributed by atoms with Crippen molar-refractivity contribution in [1.29, 1.82) is 10.5 Å². The van der Waals surface area contributed by atoms with Crippen molar-refractivity contribution in [2.24, 2.45) is 5.41 Å². The van der Waals surface area contributed by atoms with E-state index in [1.807, 2.05) is 41.3 Å². The van der Waals surface area contributed by atoms with Crippen LogP contribution in [0.25, 0.3) is 6.08 Å². The van der Waals surface area contributed by atoms with Crippen LogP contribution in [0, 0.1) is 28.1 Å². The highest BCUT2D eigenvalue weighted by molar-refractivity contribution is 6.42. The Bertz CT molecular complexity index is 1080. The Morgan fingerprint density at radius 1 is 1.11 bits per heavy atom. The number of fused-ring (bicyclic) bond motifs is 3. The lowest BCUT2D eigenvalue weighted by atomic mass is 9.69. The number of nitrogens with zero attached hydrogens (tertiary/aromatic N) is 3. The molecule has 0 unspecified atom stereocenters. The zero-order valence-corrected chi connectivity index (χ0v) is 16.4. The summed E-state index contributed by atoms with van der Waals surface area (Å²) in [6.45, 7) is 1.50. The zero-order valence-electron chi connectivity index (χ0n) is 14.9. The number of nitriles is 2. The number of para-hydroxylation sites is 1. The average Bonchev–Trinajstić information content (AvgIpc) is 3.01. The Morgan fingerprint density at radius 3 is 2.46 bits per heavy atom. The minimum Gasteiger partial charge on any atom is -0.351 e. The first kappa shape index (κ1) is 18.6. The second kappa shape index (κ2) is 6.67. The highest BCUT2D eigenvalue weighted by atomic mass is 35.5. The fraction of sp³-hybridized carbons (Fsp3) is 0.227. The third-order valence-electron chi connectivity index (χ3n) is 5.63. The van der Waals surface area contributed by atoms with E-state index in [2.05, 4.69) is 12.1 Å². The number of ketones is 1. The quantitative estimate of drug-likeness (QED) is 0.703. The van der Waals surface area contributed by atoms with E-state index in [0.717, 1.165) is 11.3 Å². The molecule has 138 valence electrons. The van der Waals surface area contributed by atoms with Crippen LogP contribution in [-0.2, 0) is 4.79 Å². The fourth-order valence-electron chi connectivity index (χ4n) is 4.47. The maximum atomic E-state index is 12.8. The predicted octanol–water partition coefficient (Wildman–Crippen LogP) is 4.98. The van der Waals surface area contributed by atoms with Crippen LogP contribution in [-0.4, -0.2) is 17.9 Å². The molecule has 0 N–H and O–H groups in total.